The van der Waals surface area contributed by atoms with Crippen molar-refractivity contribution >= 4 is 11.6 Å². The number of rotatable bonds is 7. The van der Waals surface area contributed by atoms with E-state index >= 15 is 0 Å². The molecular formula is C21H26N4O2. The van der Waals surface area contributed by atoms with Gasteiger partial charge in [0.25, 0.3) is 0 Å². The Morgan fingerprint density at radius 1 is 1.26 bits per heavy atom. The van der Waals surface area contributed by atoms with E-state index in [0.29, 0.717) is 23.8 Å². The lowest BCUT2D eigenvalue weighted by Gasteiger charge is -2.11. The summed E-state index contributed by atoms with van der Waals surface area (Å²) in [5, 5.41) is 18.3. The number of nitrogens with zero attached hydrogens (tertiary/aromatic N) is 4. The zero-order chi connectivity index (χ0) is 19.1. The molecule has 0 spiro atoms. The van der Waals surface area contributed by atoms with Gasteiger partial charge in [-0.05, 0) is 43.0 Å². The predicted octanol–water partition coefficient (Wildman–Crippen LogP) is 4.26. The summed E-state index contributed by atoms with van der Waals surface area (Å²) in [6, 6.07) is 7.99. The highest BCUT2D eigenvalue weighted by Crippen LogP contribution is 2.30. The largest absolute Gasteiger partial charge is 0.493 e. The van der Waals surface area contributed by atoms with Crippen molar-refractivity contribution in [3.8, 4) is 17.6 Å². The van der Waals surface area contributed by atoms with E-state index in [2.05, 4.69) is 27.8 Å². The van der Waals surface area contributed by atoms with E-state index in [9.17, 15) is 5.26 Å². The summed E-state index contributed by atoms with van der Waals surface area (Å²) in [4.78, 5) is 0. The molecule has 0 saturated carbocycles. The highest BCUT2D eigenvalue weighted by atomic mass is 16.5. The molecule has 0 saturated heterocycles. The van der Waals surface area contributed by atoms with Crippen LogP contribution in [-0.4, -0.2) is 28.5 Å². The third-order valence-corrected chi connectivity index (χ3v) is 4.72. The number of nitriles is 1. The van der Waals surface area contributed by atoms with E-state index in [-0.39, 0.29) is 0 Å². The minimum atomic E-state index is 0.511. The Morgan fingerprint density at radius 3 is 2.93 bits per heavy atom. The first kappa shape index (κ1) is 19.0. The van der Waals surface area contributed by atoms with Crippen LogP contribution in [0.15, 0.2) is 18.2 Å². The van der Waals surface area contributed by atoms with Gasteiger partial charge < -0.3 is 14.0 Å². The maximum Gasteiger partial charge on any atom is 0.174 e. The van der Waals surface area contributed by atoms with Gasteiger partial charge in [0.05, 0.1) is 19.3 Å². The average molecular weight is 366 g/mol. The lowest BCUT2D eigenvalue weighted by molar-refractivity contribution is 0.288. The molecule has 142 valence electrons. The summed E-state index contributed by atoms with van der Waals surface area (Å²) in [5.41, 5.74) is 1.38. The van der Waals surface area contributed by atoms with Crippen LogP contribution in [0.5, 0.6) is 11.5 Å². The lowest BCUT2D eigenvalue weighted by atomic mass is 10.1. The number of ether oxygens (including phenoxy) is 2. The van der Waals surface area contributed by atoms with Gasteiger partial charge in [-0.1, -0.05) is 25.8 Å². The highest BCUT2D eigenvalue weighted by Gasteiger charge is 2.18. The summed E-state index contributed by atoms with van der Waals surface area (Å²) < 4.78 is 13.3. The quantitative estimate of drug-likeness (QED) is 0.541. The summed E-state index contributed by atoms with van der Waals surface area (Å²) in [7, 11) is 1.62. The van der Waals surface area contributed by atoms with Gasteiger partial charge in [0.15, 0.2) is 17.3 Å². The number of allylic oxidation sites excluding steroid dienone is 1. The molecule has 27 heavy (non-hydrogen) atoms. The third kappa shape index (κ3) is 4.48. The summed E-state index contributed by atoms with van der Waals surface area (Å²) in [6.45, 7) is 3.66. The number of aromatic nitrogens is 3. The van der Waals surface area contributed by atoms with Crippen molar-refractivity contribution < 1.29 is 9.47 Å². The zero-order valence-corrected chi connectivity index (χ0v) is 16.1. The standard InChI is InChI=1S/C21H26N4O2/c1-3-4-12-27-18-10-9-16(14-19(18)26-2)13-17(15-22)21-24-23-20-8-6-5-7-11-25(20)21/h9-10,13-14H,3-8,11-12H2,1-2H3/b17-13-. The van der Waals surface area contributed by atoms with Crippen molar-refractivity contribution in [2.24, 2.45) is 0 Å². The van der Waals surface area contributed by atoms with Gasteiger partial charge in [-0.25, -0.2) is 0 Å². The molecule has 0 unspecified atom stereocenters. The molecule has 1 aliphatic heterocycles. The first-order valence-electron chi connectivity index (χ1n) is 9.62. The minimum Gasteiger partial charge on any atom is -0.493 e. The van der Waals surface area contributed by atoms with Crippen LogP contribution >= 0.6 is 0 Å². The van der Waals surface area contributed by atoms with Crippen molar-refractivity contribution in [3.63, 3.8) is 0 Å². The molecule has 0 fully saturated rings. The molecule has 0 aliphatic carbocycles. The van der Waals surface area contributed by atoms with E-state index in [1.165, 1.54) is 6.42 Å². The predicted molar refractivity (Wildman–Crippen MR) is 104 cm³/mol. The van der Waals surface area contributed by atoms with Crippen LogP contribution in [0.25, 0.3) is 11.6 Å². The fourth-order valence-corrected chi connectivity index (χ4v) is 3.22. The van der Waals surface area contributed by atoms with Crippen molar-refractivity contribution in [1.82, 2.24) is 14.8 Å². The average Bonchev–Trinajstić information content (AvgIpc) is 2.94. The van der Waals surface area contributed by atoms with Crippen LogP contribution in [0.1, 0.15) is 56.2 Å². The van der Waals surface area contributed by atoms with E-state index in [0.717, 1.165) is 55.8 Å². The molecule has 2 heterocycles. The maximum absolute atomic E-state index is 9.70. The first-order chi connectivity index (χ1) is 13.3. The summed E-state index contributed by atoms with van der Waals surface area (Å²) in [6.07, 6.45) is 8.24. The van der Waals surface area contributed by atoms with Crippen LogP contribution < -0.4 is 9.47 Å². The van der Waals surface area contributed by atoms with Gasteiger partial charge in [0.2, 0.25) is 0 Å². The molecular weight excluding hydrogens is 340 g/mol. The van der Waals surface area contributed by atoms with Gasteiger partial charge in [0.1, 0.15) is 11.9 Å². The Morgan fingerprint density at radius 2 is 2.15 bits per heavy atom. The number of aryl methyl sites for hydroxylation is 1. The Bertz CT molecular complexity index is 848. The maximum atomic E-state index is 9.70. The second kappa shape index (κ2) is 9.22. The Labute approximate surface area is 160 Å². The van der Waals surface area contributed by atoms with Crippen LogP contribution in [-0.2, 0) is 13.0 Å². The fraction of sp³-hybridized carbons (Fsp3) is 0.476. The third-order valence-electron chi connectivity index (χ3n) is 4.72. The molecule has 0 N–H and O–H groups in total. The van der Waals surface area contributed by atoms with Gasteiger partial charge >= 0.3 is 0 Å². The van der Waals surface area contributed by atoms with Crippen molar-refractivity contribution in [2.75, 3.05) is 13.7 Å². The van der Waals surface area contributed by atoms with Crippen molar-refractivity contribution in [1.29, 1.82) is 5.26 Å². The zero-order valence-electron chi connectivity index (χ0n) is 16.1. The second-order valence-electron chi connectivity index (χ2n) is 6.68. The molecule has 1 aromatic heterocycles. The number of benzene rings is 1. The minimum absolute atomic E-state index is 0.511. The van der Waals surface area contributed by atoms with Gasteiger partial charge in [-0.15, -0.1) is 10.2 Å². The molecule has 6 heteroatoms. The van der Waals surface area contributed by atoms with Crippen molar-refractivity contribution in [2.45, 2.75) is 52.0 Å². The lowest BCUT2D eigenvalue weighted by Crippen LogP contribution is -2.05. The molecule has 0 atom stereocenters. The van der Waals surface area contributed by atoms with E-state index in [4.69, 9.17) is 9.47 Å². The fourth-order valence-electron chi connectivity index (χ4n) is 3.22. The molecule has 1 aliphatic rings. The van der Waals surface area contributed by atoms with Crippen LogP contribution in [0.4, 0.5) is 0 Å². The summed E-state index contributed by atoms with van der Waals surface area (Å²) >= 11 is 0. The van der Waals surface area contributed by atoms with Crippen LogP contribution in [0, 0.1) is 11.3 Å². The monoisotopic (exact) mass is 366 g/mol. The molecule has 0 bridgehead atoms. The van der Waals surface area contributed by atoms with Gasteiger partial charge in [-0.3, -0.25) is 0 Å². The SMILES string of the molecule is CCCCOc1ccc(/C=C(/C#N)c2nnc3n2CCCCC3)cc1OC. The first-order valence-corrected chi connectivity index (χ1v) is 9.62. The Kier molecular flexibility index (Phi) is 6.48. The number of hydrogen-bond donors (Lipinski definition) is 0. The molecule has 0 amide bonds. The Hall–Kier alpha value is -2.81. The Balaban J connectivity index is 1.88. The van der Waals surface area contributed by atoms with E-state index in [1.807, 2.05) is 24.3 Å². The van der Waals surface area contributed by atoms with Gasteiger partial charge in [0, 0.05) is 13.0 Å². The molecule has 6 nitrogen and oxygen atoms in total. The number of methoxy groups -OCH3 is 1. The van der Waals surface area contributed by atoms with Crippen LogP contribution in [0.2, 0.25) is 0 Å². The van der Waals surface area contributed by atoms with E-state index in [1.54, 1.807) is 7.11 Å². The smallest absolute Gasteiger partial charge is 0.174 e. The number of unbranched alkanes of at least 4 members (excludes halogenated alkanes) is 1. The number of fused-ring (bicyclic) bond motifs is 1. The normalized spacial score (nSPS) is 14.2. The second-order valence-corrected chi connectivity index (χ2v) is 6.68. The topological polar surface area (TPSA) is 73.0 Å². The van der Waals surface area contributed by atoms with Crippen molar-refractivity contribution in [3.05, 3.63) is 35.4 Å². The molecule has 2 aromatic rings. The van der Waals surface area contributed by atoms with E-state index < -0.39 is 0 Å². The van der Waals surface area contributed by atoms with Crippen LogP contribution in [0.3, 0.4) is 0 Å². The number of hydrogen-bond acceptors (Lipinski definition) is 5. The van der Waals surface area contributed by atoms with Gasteiger partial charge in [-0.2, -0.15) is 5.26 Å². The molecule has 0 radical (unpaired) electrons. The molecule has 1 aromatic carbocycles. The highest BCUT2D eigenvalue weighted by molar-refractivity contribution is 5.87. The molecule has 3 rings (SSSR count). The summed E-state index contributed by atoms with van der Waals surface area (Å²) in [5.74, 6) is 3.01.